The summed E-state index contributed by atoms with van der Waals surface area (Å²) in [5, 5.41) is 15.2. The van der Waals surface area contributed by atoms with Gasteiger partial charge >= 0.3 is 11.7 Å². The number of carboxylic acid groups (broad SMARTS) is 1. The van der Waals surface area contributed by atoms with E-state index in [0.717, 1.165) is 24.6 Å². The van der Waals surface area contributed by atoms with Gasteiger partial charge < -0.3 is 5.11 Å². The number of aromatic nitrogens is 3. The standard InChI is InChI=1S/C9H13N3O3S/c1-9(2-3-9)5-12-7(15)10-11-8(12)16-4-6(13)14/h2-5H2,1H3,(H,10,15)(H,13,14). The maximum Gasteiger partial charge on any atom is 0.343 e. The fourth-order valence-corrected chi connectivity index (χ4v) is 2.10. The van der Waals surface area contributed by atoms with Crippen LogP contribution in [0.15, 0.2) is 9.95 Å². The van der Waals surface area contributed by atoms with Gasteiger partial charge in [0.2, 0.25) is 0 Å². The summed E-state index contributed by atoms with van der Waals surface area (Å²) >= 11 is 1.07. The molecule has 1 aliphatic carbocycles. The van der Waals surface area contributed by atoms with Gasteiger partial charge in [0.15, 0.2) is 5.16 Å². The molecule has 1 saturated carbocycles. The van der Waals surface area contributed by atoms with Gasteiger partial charge in [-0.15, -0.1) is 5.10 Å². The third-order valence-corrected chi connectivity index (χ3v) is 3.65. The molecule has 0 atom stereocenters. The van der Waals surface area contributed by atoms with Gasteiger partial charge in [0.1, 0.15) is 0 Å². The number of carboxylic acids is 1. The first-order valence-electron chi connectivity index (χ1n) is 5.00. The van der Waals surface area contributed by atoms with Crippen LogP contribution in [0.3, 0.4) is 0 Å². The zero-order chi connectivity index (χ0) is 11.8. The summed E-state index contributed by atoms with van der Waals surface area (Å²) in [6.45, 7) is 2.72. The second-order valence-corrected chi connectivity index (χ2v) is 5.33. The van der Waals surface area contributed by atoms with E-state index in [-0.39, 0.29) is 16.9 Å². The summed E-state index contributed by atoms with van der Waals surface area (Å²) in [4.78, 5) is 21.9. The van der Waals surface area contributed by atoms with Crippen molar-refractivity contribution in [2.45, 2.75) is 31.5 Å². The van der Waals surface area contributed by atoms with E-state index in [2.05, 4.69) is 17.1 Å². The van der Waals surface area contributed by atoms with Crippen LogP contribution in [0.1, 0.15) is 19.8 Å². The molecule has 0 saturated heterocycles. The van der Waals surface area contributed by atoms with Crippen molar-refractivity contribution in [3.8, 4) is 0 Å². The average molecular weight is 243 g/mol. The Morgan fingerprint density at radius 1 is 1.69 bits per heavy atom. The molecule has 0 bridgehead atoms. The highest BCUT2D eigenvalue weighted by atomic mass is 32.2. The minimum atomic E-state index is -0.912. The lowest BCUT2D eigenvalue weighted by atomic mass is 10.1. The van der Waals surface area contributed by atoms with Crippen LogP contribution in [0, 0.1) is 5.41 Å². The number of carbonyl (C=O) groups is 1. The van der Waals surface area contributed by atoms with Crippen LogP contribution >= 0.6 is 11.8 Å². The lowest BCUT2D eigenvalue weighted by Gasteiger charge is -2.09. The zero-order valence-electron chi connectivity index (χ0n) is 8.89. The molecule has 1 aliphatic rings. The van der Waals surface area contributed by atoms with Crippen molar-refractivity contribution in [3.63, 3.8) is 0 Å². The number of nitrogens with one attached hydrogen (secondary N) is 1. The number of aliphatic carboxylic acids is 1. The molecule has 7 heteroatoms. The summed E-state index contributed by atoms with van der Waals surface area (Å²) in [7, 11) is 0. The first kappa shape index (κ1) is 11.3. The van der Waals surface area contributed by atoms with E-state index in [4.69, 9.17) is 5.11 Å². The van der Waals surface area contributed by atoms with Crippen LogP contribution in [0.5, 0.6) is 0 Å². The molecular weight excluding hydrogens is 230 g/mol. The first-order chi connectivity index (χ1) is 7.50. The lowest BCUT2D eigenvalue weighted by molar-refractivity contribution is -0.133. The average Bonchev–Trinajstić information content (AvgIpc) is 2.84. The third kappa shape index (κ3) is 2.46. The summed E-state index contributed by atoms with van der Waals surface area (Å²) in [6, 6.07) is 0. The number of aromatic amines is 1. The minimum Gasteiger partial charge on any atom is -0.481 e. The van der Waals surface area contributed by atoms with Crippen molar-refractivity contribution in [2.24, 2.45) is 5.41 Å². The highest BCUT2D eigenvalue weighted by molar-refractivity contribution is 7.99. The highest BCUT2D eigenvalue weighted by Crippen LogP contribution is 2.46. The van der Waals surface area contributed by atoms with E-state index in [1.807, 2.05) is 0 Å². The predicted molar refractivity (Wildman–Crippen MR) is 58.5 cm³/mol. The molecule has 0 amide bonds. The van der Waals surface area contributed by atoms with Crippen molar-refractivity contribution in [2.75, 3.05) is 5.75 Å². The fraction of sp³-hybridized carbons (Fsp3) is 0.667. The van der Waals surface area contributed by atoms with Gasteiger partial charge in [0.05, 0.1) is 5.75 Å². The van der Waals surface area contributed by atoms with Crippen molar-refractivity contribution in [1.82, 2.24) is 14.8 Å². The Labute approximate surface area is 96.0 Å². The van der Waals surface area contributed by atoms with Crippen molar-refractivity contribution < 1.29 is 9.90 Å². The molecule has 88 valence electrons. The first-order valence-corrected chi connectivity index (χ1v) is 5.99. The Morgan fingerprint density at radius 3 is 2.94 bits per heavy atom. The van der Waals surface area contributed by atoms with E-state index in [0.29, 0.717) is 11.7 Å². The van der Waals surface area contributed by atoms with Crippen LogP contribution in [0.2, 0.25) is 0 Å². The van der Waals surface area contributed by atoms with E-state index < -0.39 is 5.97 Å². The van der Waals surface area contributed by atoms with Gasteiger partial charge in [-0.3, -0.25) is 9.36 Å². The zero-order valence-corrected chi connectivity index (χ0v) is 9.71. The van der Waals surface area contributed by atoms with Crippen LogP contribution < -0.4 is 5.69 Å². The van der Waals surface area contributed by atoms with Gasteiger partial charge in [0.25, 0.3) is 0 Å². The molecule has 2 N–H and O–H groups in total. The van der Waals surface area contributed by atoms with E-state index >= 15 is 0 Å². The molecular formula is C9H13N3O3S. The Hall–Kier alpha value is -1.24. The van der Waals surface area contributed by atoms with E-state index in [1.54, 1.807) is 0 Å². The third-order valence-electron chi connectivity index (χ3n) is 2.69. The van der Waals surface area contributed by atoms with E-state index in [9.17, 15) is 9.59 Å². The summed E-state index contributed by atoms with van der Waals surface area (Å²) in [5.41, 5.74) is -0.0762. The van der Waals surface area contributed by atoms with Gasteiger partial charge in [-0.05, 0) is 18.3 Å². The van der Waals surface area contributed by atoms with Gasteiger partial charge in [-0.1, -0.05) is 18.7 Å². The Balaban J connectivity index is 2.12. The lowest BCUT2D eigenvalue weighted by Crippen LogP contribution is -2.22. The normalized spacial score (nSPS) is 17.3. The summed E-state index contributed by atoms with van der Waals surface area (Å²) < 4.78 is 1.53. The Morgan fingerprint density at radius 2 is 2.38 bits per heavy atom. The molecule has 1 heterocycles. The second kappa shape index (κ2) is 3.97. The van der Waals surface area contributed by atoms with Gasteiger partial charge in [-0.2, -0.15) is 0 Å². The summed E-state index contributed by atoms with van der Waals surface area (Å²) in [5.74, 6) is -0.995. The SMILES string of the molecule is CC1(Cn2c(SCC(=O)O)n[nH]c2=O)CC1. The van der Waals surface area contributed by atoms with Crippen molar-refractivity contribution in [1.29, 1.82) is 0 Å². The molecule has 2 rings (SSSR count). The van der Waals surface area contributed by atoms with Crippen LogP contribution in [-0.2, 0) is 11.3 Å². The molecule has 0 aliphatic heterocycles. The number of hydrogen-bond acceptors (Lipinski definition) is 4. The Kier molecular flexibility index (Phi) is 2.79. The fourth-order valence-electron chi connectivity index (χ4n) is 1.43. The van der Waals surface area contributed by atoms with Crippen LogP contribution in [0.25, 0.3) is 0 Å². The number of H-pyrrole nitrogens is 1. The largest absolute Gasteiger partial charge is 0.481 e. The topological polar surface area (TPSA) is 88.0 Å². The van der Waals surface area contributed by atoms with Gasteiger partial charge in [0, 0.05) is 6.54 Å². The molecule has 0 unspecified atom stereocenters. The van der Waals surface area contributed by atoms with Gasteiger partial charge in [-0.25, -0.2) is 9.89 Å². The monoisotopic (exact) mass is 243 g/mol. The molecule has 1 aromatic rings. The molecule has 1 fully saturated rings. The van der Waals surface area contributed by atoms with E-state index in [1.165, 1.54) is 4.57 Å². The number of nitrogens with zero attached hydrogens (tertiary/aromatic N) is 2. The number of thioether (sulfide) groups is 1. The number of rotatable bonds is 5. The predicted octanol–water partition coefficient (Wildman–Crippen LogP) is 0.548. The molecule has 0 radical (unpaired) electrons. The van der Waals surface area contributed by atoms with Crippen LogP contribution in [-0.4, -0.2) is 31.6 Å². The maximum atomic E-state index is 11.5. The molecule has 0 aromatic carbocycles. The molecule has 0 spiro atoms. The quantitative estimate of drug-likeness (QED) is 0.737. The number of hydrogen-bond donors (Lipinski definition) is 2. The smallest absolute Gasteiger partial charge is 0.343 e. The molecule has 6 nitrogen and oxygen atoms in total. The Bertz CT molecular complexity index is 461. The second-order valence-electron chi connectivity index (χ2n) is 4.39. The van der Waals surface area contributed by atoms with Crippen LogP contribution in [0.4, 0.5) is 0 Å². The molecule has 1 aromatic heterocycles. The van der Waals surface area contributed by atoms with Crippen molar-refractivity contribution >= 4 is 17.7 Å². The summed E-state index contributed by atoms with van der Waals surface area (Å²) in [6.07, 6.45) is 2.21. The minimum absolute atomic E-state index is 0.0823. The van der Waals surface area contributed by atoms with Crippen molar-refractivity contribution in [3.05, 3.63) is 10.5 Å². The maximum absolute atomic E-state index is 11.5. The highest BCUT2D eigenvalue weighted by Gasteiger charge is 2.38. The molecule has 16 heavy (non-hydrogen) atoms.